The fraction of sp³-hybridized carbons (Fsp3) is 0. The first-order chi connectivity index (χ1) is 27.3. The van der Waals surface area contributed by atoms with E-state index in [1.807, 2.05) is 0 Å². The zero-order valence-electron chi connectivity index (χ0n) is 30.3. The quantitative estimate of drug-likeness (QED) is 0.150. The Kier molecular flexibility index (Phi) is 8.24. The highest BCUT2D eigenvalue weighted by Crippen LogP contribution is 2.50. The van der Waals surface area contributed by atoms with Gasteiger partial charge in [0, 0.05) is 22.3 Å². The first-order valence-electron chi connectivity index (χ1n) is 18.9. The van der Waals surface area contributed by atoms with Gasteiger partial charge in [-0.1, -0.05) is 188 Å². The normalized spacial score (nSPS) is 11.3. The smallest absolute Gasteiger partial charge is 0.0624 e. The van der Waals surface area contributed by atoms with Crippen LogP contribution in [0.25, 0.3) is 76.8 Å². The third kappa shape index (κ3) is 6.02. The lowest BCUT2D eigenvalue weighted by Gasteiger charge is -2.31. The van der Waals surface area contributed by atoms with Crippen LogP contribution in [-0.2, 0) is 0 Å². The molecule has 0 aliphatic carbocycles. The Balaban J connectivity index is 1.23. The monoisotopic (exact) mass is 699 g/mol. The van der Waals surface area contributed by atoms with E-state index in [1.165, 1.54) is 76.8 Å². The third-order valence-corrected chi connectivity index (χ3v) is 10.8. The molecule has 0 amide bonds. The van der Waals surface area contributed by atoms with E-state index in [0.29, 0.717) is 0 Å². The largest absolute Gasteiger partial charge is 0.309 e. The summed E-state index contributed by atoms with van der Waals surface area (Å²) in [6.45, 7) is 0. The average Bonchev–Trinajstić information content (AvgIpc) is 3.27. The summed E-state index contributed by atoms with van der Waals surface area (Å²) in [6.07, 6.45) is 0. The van der Waals surface area contributed by atoms with Gasteiger partial charge in [0.05, 0.1) is 5.69 Å². The van der Waals surface area contributed by atoms with Gasteiger partial charge in [-0.05, 0) is 102 Å². The Bertz CT molecular complexity index is 2950. The number of hydrogen-bond acceptors (Lipinski definition) is 1. The molecule has 0 atom stereocenters. The molecule has 10 rings (SSSR count). The Morgan fingerprint density at radius 3 is 1.31 bits per heavy atom. The summed E-state index contributed by atoms with van der Waals surface area (Å²) in [4.78, 5) is 2.47. The van der Waals surface area contributed by atoms with Crippen molar-refractivity contribution in [3.63, 3.8) is 0 Å². The summed E-state index contributed by atoms with van der Waals surface area (Å²) in [5.74, 6) is 0. The maximum Gasteiger partial charge on any atom is 0.0624 e. The van der Waals surface area contributed by atoms with Gasteiger partial charge in [0.2, 0.25) is 0 Å². The van der Waals surface area contributed by atoms with Crippen LogP contribution in [0.15, 0.2) is 224 Å². The molecule has 1 heteroatoms. The van der Waals surface area contributed by atoms with Gasteiger partial charge in [0.15, 0.2) is 0 Å². The molecule has 0 fully saturated rings. The summed E-state index contributed by atoms with van der Waals surface area (Å²) in [6, 6.07) is 81.6. The van der Waals surface area contributed by atoms with Gasteiger partial charge in [-0.15, -0.1) is 0 Å². The van der Waals surface area contributed by atoms with Crippen LogP contribution in [0.5, 0.6) is 0 Å². The highest BCUT2D eigenvalue weighted by Gasteiger charge is 2.24. The predicted octanol–water partition coefficient (Wildman–Crippen LogP) is 15.3. The van der Waals surface area contributed by atoms with Crippen LogP contribution >= 0.6 is 0 Å². The molecule has 0 saturated carbocycles. The van der Waals surface area contributed by atoms with E-state index in [2.05, 4.69) is 229 Å². The van der Waals surface area contributed by atoms with Gasteiger partial charge < -0.3 is 4.90 Å². The summed E-state index contributed by atoms with van der Waals surface area (Å²) >= 11 is 0. The number of benzene rings is 10. The van der Waals surface area contributed by atoms with Crippen molar-refractivity contribution in [1.82, 2.24) is 0 Å². The summed E-state index contributed by atoms with van der Waals surface area (Å²) < 4.78 is 0. The maximum absolute atomic E-state index is 2.47. The van der Waals surface area contributed by atoms with E-state index in [-0.39, 0.29) is 0 Å². The molecule has 0 spiro atoms. The molecule has 258 valence electrons. The lowest BCUT2D eigenvalue weighted by Crippen LogP contribution is -2.12. The SMILES string of the molecule is c1ccc(-c2ccc(N(c3ccc(-c4ccc5ccccc5c4)cc3)c3c(-c4cccc(-c5ccccc5)c4)c4ccccc4c4ccccc34)cc2)cc1. The molecule has 0 bridgehead atoms. The second-order valence-corrected chi connectivity index (χ2v) is 14.1. The van der Waals surface area contributed by atoms with Crippen molar-refractivity contribution in [2.75, 3.05) is 4.90 Å². The molecule has 1 nitrogen and oxygen atoms in total. The first kappa shape index (κ1) is 32.4. The van der Waals surface area contributed by atoms with Crippen molar-refractivity contribution in [3.8, 4) is 44.5 Å². The van der Waals surface area contributed by atoms with Crippen LogP contribution in [0, 0.1) is 0 Å². The fourth-order valence-electron chi connectivity index (χ4n) is 8.14. The number of fused-ring (bicyclic) bond motifs is 4. The standard InChI is InChI=1S/C54H37N/c1-3-14-38(15-4-1)41-28-32-47(33-29-41)55(48-34-30-42(31-35-48)45-27-26-40-18-7-8-19-43(40)36-45)54-52-25-12-10-23-50(52)49-22-9-11-24-51(49)53(54)46-21-13-20-44(37-46)39-16-5-2-6-17-39/h1-37H. The second-order valence-electron chi connectivity index (χ2n) is 14.1. The highest BCUT2D eigenvalue weighted by molar-refractivity contribution is 6.22. The van der Waals surface area contributed by atoms with Crippen molar-refractivity contribution in [3.05, 3.63) is 224 Å². The predicted molar refractivity (Wildman–Crippen MR) is 235 cm³/mol. The zero-order chi connectivity index (χ0) is 36.6. The van der Waals surface area contributed by atoms with E-state index >= 15 is 0 Å². The highest BCUT2D eigenvalue weighted by atomic mass is 15.1. The second kappa shape index (κ2) is 14.0. The van der Waals surface area contributed by atoms with Crippen molar-refractivity contribution >= 4 is 49.4 Å². The number of hydrogen-bond donors (Lipinski definition) is 0. The van der Waals surface area contributed by atoms with Crippen LogP contribution in [0.4, 0.5) is 17.1 Å². The topological polar surface area (TPSA) is 3.24 Å². The lowest BCUT2D eigenvalue weighted by atomic mass is 9.88. The molecule has 0 radical (unpaired) electrons. The zero-order valence-corrected chi connectivity index (χ0v) is 30.3. The third-order valence-electron chi connectivity index (χ3n) is 10.8. The minimum absolute atomic E-state index is 1.10. The Hall–Kier alpha value is -7.22. The molecule has 10 aromatic carbocycles. The number of nitrogens with zero attached hydrogens (tertiary/aromatic N) is 1. The van der Waals surface area contributed by atoms with Crippen molar-refractivity contribution < 1.29 is 0 Å². The van der Waals surface area contributed by atoms with Crippen LogP contribution in [0.2, 0.25) is 0 Å². The van der Waals surface area contributed by atoms with Crippen LogP contribution in [0.3, 0.4) is 0 Å². The molecule has 0 aliphatic heterocycles. The van der Waals surface area contributed by atoms with Crippen molar-refractivity contribution in [2.45, 2.75) is 0 Å². The minimum Gasteiger partial charge on any atom is -0.309 e. The first-order valence-corrected chi connectivity index (χ1v) is 18.9. The van der Waals surface area contributed by atoms with Crippen LogP contribution < -0.4 is 4.90 Å². The van der Waals surface area contributed by atoms with Crippen LogP contribution in [0.1, 0.15) is 0 Å². The van der Waals surface area contributed by atoms with Crippen LogP contribution in [-0.4, -0.2) is 0 Å². The van der Waals surface area contributed by atoms with Crippen molar-refractivity contribution in [2.24, 2.45) is 0 Å². The molecule has 10 aromatic rings. The van der Waals surface area contributed by atoms with Gasteiger partial charge in [0.25, 0.3) is 0 Å². The summed E-state index contributed by atoms with van der Waals surface area (Å²) in [7, 11) is 0. The molecule has 0 saturated heterocycles. The molecular weight excluding hydrogens is 663 g/mol. The average molecular weight is 700 g/mol. The molecule has 0 aromatic heterocycles. The molecule has 0 N–H and O–H groups in total. The summed E-state index contributed by atoms with van der Waals surface area (Å²) in [5, 5.41) is 7.39. The van der Waals surface area contributed by atoms with Crippen molar-refractivity contribution in [1.29, 1.82) is 0 Å². The number of rotatable bonds is 7. The van der Waals surface area contributed by atoms with E-state index in [0.717, 1.165) is 17.1 Å². The Morgan fingerprint density at radius 1 is 0.236 bits per heavy atom. The van der Waals surface area contributed by atoms with Gasteiger partial charge in [-0.3, -0.25) is 0 Å². The number of anilines is 3. The van der Waals surface area contributed by atoms with Gasteiger partial charge >= 0.3 is 0 Å². The Morgan fingerprint density at radius 2 is 0.655 bits per heavy atom. The van der Waals surface area contributed by atoms with Gasteiger partial charge in [-0.25, -0.2) is 0 Å². The van der Waals surface area contributed by atoms with Gasteiger partial charge in [-0.2, -0.15) is 0 Å². The minimum atomic E-state index is 1.10. The summed E-state index contributed by atoms with van der Waals surface area (Å²) in [5.41, 5.74) is 12.9. The van der Waals surface area contributed by atoms with E-state index in [1.54, 1.807) is 0 Å². The molecule has 55 heavy (non-hydrogen) atoms. The molecule has 0 aliphatic rings. The molecule has 0 unspecified atom stereocenters. The maximum atomic E-state index is 2.47. The Labute approximate surface area is 322 Å². The van der Waals surface area contributed by atoms with E-state index < -0.39 is 0 Å². The van der Waals surface area contributed by atoms with E-state index in [9.17, 15) is 0 Å². The van der Waals surface area contributed by atoms with Gasteiger partial charge in [0.1, 0.15) is 0 Å². The lowest BCUT2D eigenvalue weighted by molar-refractivity contribution is 1.30. The molecular formula is C54H37N. The van der Waals surface area contributed by atoms with E-state index in [4.69, 9.17) is 0 Å². The fourth-order valence-corrected chi connectivity index (χ4v) is 8.14. The molecule has 0 heterocycles.